The summed E-state index contributed by atoms with van der Waals surface area (Å²) in [4.78, 5) is 26.8. The molecular formula is C14H18N2O3. The topological polar surface area (TPSA) is 60.9 Å². The van der Waals surface area contributed by atoms with Crippen molar-refractivity contribution in [3.63, 3.8) is 0 Å². The molecule has 0 spiro atoms. The molecule has 5 nitrogen and oxygen atoms in total. The van der Waals surface area contributed by atoms with E-state index in [1.165, 1.54) is 0 Å². The molecule has 1 aliphatic rings. The van der Waals surface area contributed by atoms with Crippen LogP contribution < -0.4 is 0 Å². The Labute approximate surface area is 112 Å². The lowest BCUT2D eigenvalue weighted by atomic mass is 10.1. The van der Waals surface area contributed by atoms with Crippen molar-refractivity contribution < 1.29 is 14.7 Å². The highest BCUT2D eigenvalue weighted by Gasteiger charge is 2.22. The molecule has 0 aromatic heterocycles. The first kappa shape index (κ1) is 13.4. The standard InChI is InChI=1S/C14H18N2O3/c1-11(17)15-6-8-16(9-7-15)14(19)10-12-2-4-13(18)5-3-12/h2-5,18H,6-10H2,1H3. The van der Waals surface area contributed by atoms with Crippen LogP contribution in [0.4, 0.5) is 0 Å². The first-order valence-electron chi connectivity index (χ1n) is 6.37. The number of aromatic hydroxyl groups is 1. The van der Waals surface area contributed by atoms with Crippen molar-refractivity contribution in [1.82, 2.24) is 9.80 Å². The molecule has 2 amide bonds. The van der Waals surface area contributed by atoms with E-state index in [9.17, 15) is 14.7 Å². The number of rotatable bonds is 2. The summed E-state index contributed by atoms with van der Waals surface area (Å²) in [5.41, 5.74) is 0.886. The summed E-state index contributed by atoms with van der Waals surface area (Å²) in [6.07, 6.45) is 0.334. The van der Waals surface area contributed by atoms with Crippen molar-refractivity contribution in [1.29, 1.82) is 0 Å². The van der Waals surface area contributed by atoms with Gasteiger partial charge in [0.25, 0.3) is 0 Å². The van der Waals surface area contributed by atoms with Gasteiger partial charge >= 0.3 is 0 Å². The van der Waals surface area contributed by atoms with Gasteiger partial charge in [-0.2, -0.15) is 0 Å². The second kappa shape index (κ2) is 5.73. The zero-order valence-corrected chi connectivity index (χ0v) is 11.0. The van der Waals surface area contributed by atoms with Gasteiger partial charge in [-0.15, -0.1) is 0 Å². The molecule has 0 atom stereocenters. The molecular weight excluding hydrogens is 244 g/mol. The molecule has 1 fully saturated rings. The van der Waals surface area contributed by atoms with Gasteiger partial charge in [-0.1, -0.05) is 12.1 Å². The van der Waals surface area contributed by atoms with Gasteiger partial charge in [-0.25, -0.2) is 0 Å². The summed E-state index contributed by atoms with van der Waals surface area (Å²) in [5, 5.41) is 9.19. The van der Waals surface area contributed by atoms with Gasteiger partial charge in [0.05, 0.1) is 6.42 Å². The molecule has 2 rings (SSSR count). The number of hydrogen-bond acceptors (Lipinski definition) is 3. The van der Waals surface area contributed by atoms with E-state index in [0.717, 1.165) is 5.56 Å². The predicted octanol–water partition coefficient (Wildman–Crippen LogP) is 0.625. The molecule has 1 saturated heterocycles. The fourth-order valence-electron chi connectivity index (χ4n) is 2.17. The van der Waals surface area contributed by atoms with Gasteiger partial charge < -0.3 is 14.9 Å². The normalized spacial score (nSPS) is 15.4. The average molecular weight is 262 g/mol. The fraction of sp³-hybridized carbons (Fsp3) is 0.429. The quantitative estimate of drug-likeness (QED) is 0.850. The van der Waals surface area contributed by atoms with Crippen LogP contribution in [0.1, 0.15) is 12.5 Å². The monoisotopic (exact) mass is 262 g/mol. The molecule has 1 heterocycles. The molecule has 1 aliphatic heterocycles. The Morgan fingerprint density at radius 2 is 1.58 bits per heavy atom. The Hall–Kier alpha value is -2.04. The lowest BCUT2D eigenvalue weighted by Crippen LogP contribution is -2.50. The Bertz CT molecular complexity index is 462. The van der Waals surface area contributed by atoms with Crippen molar-refractivity contribution in [2.75, 3.05) is 26.2 Å². The van der Waals surface area contributed by atoms with Crippen LogP contribution >= 0.6 is 0 Å². The van der Waals surface area contributed by atoms with E-state index >= 15 is 0 Å². The van der Waals surface area contributed by atoms with Crippen LogP contribution in [-0.4, -0.2) is 52.9 Å². The minimum atomic E-state index is 0.0608. The molecule has 102 valence electrons. The molecule has 0 aliphatic carbocycles. The molecule has 1 N–H and O–H groups in total. The Balaban J connectivity index is 1.88. The zero-order chi connectivity index (χ0) is 13.8. The smallest absolute Gasteiger partial charge is 0.227 e. The van der Waals surface area contributed by atoms with Gasteiger partial charge in [-0.05, 0) is 17.7 Å². The van der Waals surface area contributed by atoms with Gasteiger partial charge in [0.1, 0.15) is 5.75 Å². The fourth-order valence-corrected chi connectivity index (χ4v) is 2.17. The zero-order valence-electron chi connectivity index (χ0n) is 11.0. The van der Waals surface area contributed by atoms with Crippen molar-refractivity contribution in [3.05, 3.63) is 29.8 Å². The number of nitrogens with zero attached hydrogens (tertiary/aromatic N) is 2. The molecule has 0 radical (unpaired) electrons. The van der Waals surface area contributed by atoms with Crippen LogP contribution in [0.3, 0.4) is 0 Å². The molecule has 0 bridgehead atoms. The van der Waals surface area contributed by atoms with E-state index < -0.39 is 0 Å². The first-order valence-corrected chi connectivity index (χ1v) is 6.37. The summed E-state index contributed by atoms with van der Waals surface area (Å²) in [6.45, 7) is 3.95. The number of carbonyl (C=O) groups is 2. The number of amides is 2. The Kier molecular flexibility index (Phi) is 4.04. The van der Waals surface area contributed by atoms with Gasteiger partial charge in [-0.3, -0.25) is 9.59 Å². The Morgan fingerprint density at radius 1 is 1.05 bits per heavy atom. The van der Waals surface area contributed by atoms with Crippen LogP contribution in [0.2, 0.25) is 0 Å². The highest BCUT2D eigenvalue weighted by Crippen LogP contribution is 2.12. The molecule has 19 heavy (non-hydrogen) atoms. The van der Waals surface area contributed by atoms with Crippen molar-refractivity contribution in [2.45, 2.75) is 13.3 Å². The SMILES string of the molecule is CC(=O)N1CCN(C(=O)Cc2ccc(O)cc2)CC1. The third-order valence-corrected chi connectivity index (χ3v) is 3.37. The van der Waals surface area contributed by atoms with E-state index in [-0.39, 0.29) is 17.6 Å². The third-order valence-electron chi connectivity index (χ3n) is 3.37. The minimum absolute atomic E-state index is 0.0608. The van der Waals surface area contributed by atoms with Gasteiger partial charge in [0.2, 0.25) is 11.8 Å². The summed E-state index contributed by atoms with van der Waals surface area (Å²) in [6, 6.07) is 6.66. The number of hydrogen-bond donors (Lipinski definition) is 1. The molecule has 0 unspecified atom stereocenters. The molecule has 1 aromatic rings. The highest BCUT2D eigenvalue weighted by atomic mass is 16.3. The van der Waals surface area contributed by atoms with Crippen LogP contribution in [0.5, 0.6) is 5.75 Å². The van der Waals surface area contributed by atoms with Crippen molar-refractivity contribution in [2.24, 2.45) is 0 Å². The number of benzene rings is 1. The van der Waals surface area contributed by atoms with E-state index in [1.807, 2.05) is 0 Å². The van der Waals surface area contributed by atoms with E-state index in [2.05, 4.69) is 0 Å². The summed E-state index contributed by atoms with van der Waals surface area (Å²) >= 11 is 0. The minimum Gasteiger partial charge on any atom is -0.508 e. The second-order valence-electron chi connectivity index (χ2n) is 4.73. The van der Waals surface area contributed by atoms with E-state index in [0.29, 0.717) is 32.6 Å². The first-order chi connectivity index (χ1) is 9.06. The summed E-state index contributed by atoms with van der Waals surface area (Å²) in [5.74, 6) is 0.325. The number of phenols is 1. The average Bonchev–Trinajstić information content (AvgIpc) is 2.41. The van der Waals surface area contributed by atoms with Crippen molar-refractivity contribution in [3.8, 4) is 5.75 Å². The molecule has 0 saturated carbocycles. The summed E-state index contributed by atoms with van der Waals surface area (Å²) < 4.78 is 0. The Morgan fingerprint density at radius 3 is 2.11 bits per heavy atom. The summed E-state index contributed by atoms with van der Waals surface area (Å²) in [7, 11) is 0. The van der Waals surface area contributed by atoms with Crippen molar-refractivity contribution >= 4 is 11.8 Å². The number of carbonyl (C=O) groups excluding carboxylic acids is 2. The van der Waals surface area contributed by atoms with Crippen LogP contribution in [0, 0.1) is 0 Å². The maximum atomic E-state index is 12.1. The number of phenolic OH excluding ortho intramolecular Hbond substituents is 1. The van der Waals surface area contributed by atoms with E-state index in [4.69, 9.17) is 0 Å². The van der Waals surface area contributed by atoms with Gasteiger partial charge in [0.15, 0.2) is 0 Å². The second-order valence-corrected chi connectivity index (χ2v) is 4.73. The maximum Gasteiger partial charge on any atom is 0.227 e. The number of piperazine rings is 1. The van der Waals surface area contributed by atoms with E-state index in [1.54, 1.807) is 41.0 Å². The molecule has 5 heteroatoms. The lowest BCUT2D eigenvalue weighted by molar-refractivity contribution is -0.138. The third kappa shape index (κ3) is 3.47. The van der Waals surface area contributed by atoms with Gasteiger partial charge in [0, 0.05) is 33.1 Å². The maximum absolute atomic E-state index is 12.1. The predicted molar refractivity (Wildman–Crippen MR) is 70.6 cm³/mol. The largest absolute Gasteiger partial charge is 0.508 e. The van der Waals surface area contributed by atoms with Crippen LogP contribution in [0.15, 0.2) is 24.3 Å². The van der Waals surface area contributed by atoms with Crippen LogP contribution in [-0.2, 0) is 16.0 Å². The van der Waals surface area contributed by atoms with Crippen LogP contribution in [0.25, 0.3) is 0 Å². The molecule has 1 aromatic carbocycles. The highest BCUT2D eigenvalue weighted by molar-refractivity contribution is 5.79. The lowest BCUT2D eigenvalue weighted by Gasteiger charge is -2.34.